The fourth-order valence-corrected chi connectivity index (χ4v) is 5.06. The molecule has 1 saturated carbocycles. The summed E-state index contributed by atoms with van der Waals surface area (Å²) in [7, 11) is 0. The highest BCUT2D eigenvalue weighted by Crippen LogP contribution is 2.47. The van der Waals surface area contributed by atoms with Crippen LogP contribution in [0.3, 0.4) is 0 Å². The van der Waals surface area contributed by atoms with E-state index in [1.807, 2.05) is 11.0 Å². The largest absolute Gasteiger partial charge is 0.450 e. The molecule has 2 fully saturated rings. The summed E-state index contributed by atoms with van der Waals surface area (Å²) in [5.41, 5.74) is 1.40. The van der Waals surface area contributed by atoms with Crippen LogP contribution in [-0.2, 0) is 15.1 Å². The lowest BCUT2D eigenvalue weighted by atomic mass is 9.75. The summed E-state index contributed by atoms with van der Waals surface area (Å²) in [5.74, 6) is -0.587. The number of anilines is 1. The standard InChI is InChI=1S/C23H24FN3O3/c24-19-3-1-2-4-20(19)27-12-8-16(14-27)26-21(28)15-5-9-23(10-6-15)18-13-25-11-7-17(18)22(29)30-23/h1-4,7,11,13,15-16H,5-6,8-10,12,14H2,(H,26,28). The Balaban J connectivity index is 1.19. The average Bonchev–Trinajstić information content (AvgIpc) is 3.32. The molecule has 6 nitrogen and oxygen atoms in total. The maximum atomic E-state index is 14.0. The van der Waals surface area contributed by atoms with Crippen molar-refractivity contribution in [2.45, 2.75) is 43.7 Å². The van der Waals surface area contributed by atoms with Crippen molar-refractivity contribution in [3.8, 4) is 0 Å². The van der Waals surface area contributed by atoms with Gasteiger partial charge in [0.15, 0.2) is 0 Å². The molecule has 1 unspecified atom stereocenters. The van der Waals surface area contributed by atoms with Gasteiger partial charge >= 0.3 is 5.97 Å². The molecule has 2 aromatic rings. The molecule has 1 N–H and O–H groups in total. The van der Waals surface area contributed by atoms with E-state index in [2.05, 4.69) is 10.3 Å². The number of nitrogens with zero attached hydrogens (tertiary/aromatic N) is 2. The first-order valence-corrected chi connectivity index (χ1v) is 10.5. The lowest BCUT2D eigenvalue weighted by Gasteiger charge is -2.36. The van der Waals surface area contributed by atoms with Crippen LogP contribution < -0.4 is 10.2 Å². The van der Waals surface area contributed by atoms with E-state index in [0.29, 0.717) is 43.5 Å². The van der Waals surface area contributed by atoms with E-state index in [4.69, 9.17) is 4.74 Å². The van der Waals surface area contributed by atoms with Crippen molar-refractivity contribution in [1.82, 2.24) is 10.3 Å². The number of benzene rings is 1. The van der Waals surface area contributed by atoms with Crippen LogP contribution in [0.15, 0.2) is 42.7 Å². The normalized spacial score (nSPS) is 27.8. The van der Waals surface area contributed by atoms with Crippen LogP contribution >= 0.6 is 0 Å². The first kappa shape index (κ1) is 19.0. The molecule has 1 aliphatic carbocycles. The van der Waals surface area contributed by atoms with E-state index in [0.717, 1.165) is 18.5 Å². The van der Waals surface area contributed by atoms with Gasteiger partial charge in [0.2, 0.25) is 5.91 Å². The van der Waals surface area contributed by atoms with Crippen molar-refractivity contribution in [3.63, 3.8) is 0 Å². The van der Waals surface area contributed by atoms with Crippen molar-refractivity contribution in [2.75, 3.05) is 18.0 Å². The first-order chi connectivity index (χ1) is 14.6. The Morgan fingerprint density at radius 3 is 2.80 bits per heavy atom. The maximum Gasteiger partial charge on any atom is 0.339 e. The quantitative estimate of drug-likeness (QED) is 0.789. The fourth-order valence-electron chi connectivity index (χ4n) is 5.06. The molecule has 1 amide bonds. The number of hydrogen-bond acceptors (Lipinski definition) is 5. The Hall–Kier alpha value is -2.96. The van der Waals surface area contributed by atoms with E-state index in [9.17, 15) is 14.0 Å². The van der Waals surface area contributed by atoms with Crippen molar-refractivity contribution < 1.29 is 18.7 Å². The van der Waals surface area contributed by atoms with Gasteiger partial charge in [0, 0.05) is 43.0 Å². The second kappa shape index (κ2) is 7.38. The summed E-state index contributed by atoms with van der Waals surface area (Å²) < 4.78 is 19.8. The van der Waals surface area contributed by atoms with E-state index < -0.39 is 5.60 Å². The second-order valence-corrected chi connectivity index (χ2v) is 8.47. The van der Waals surface area contributed by atoms with Gasteiger partial charge in [-0.15, -0.1) is 0 Å². The highest BCUT2D eigenvalue weighted by atomic mass is 19.1. The van der Waals surface area contributed by atoms with Crippen LogP contribution in [0.4, 0.5) is 10.1 Å². The van der Waals surface area contributed by atoms with Crippen LogP contribution in [0, 0.1) is 11.7 Å². The number of carbonyl (C=O) groups excluding carboxylic acids is 2. The maximum absolute atomic E-state index is 14.0. The molecule has 1 aromatic heterocycles. The van der Waals surface area contributed by atoms with E-state index >= 15 is 0 Å². The number of esters is 1. The molecule has 2 aliphatic heterocycles. The number of fused-ring (bicyclic) bond motifs is 2. The molecule has 1 aromatic carbocycles. The van der Waals surface area contributed by atoms with Gasteiger partial charge in [0.25, 0.3) is 0 Å². The zero-order valence-electron chi connectivity index (χ0n) is 16.6. The predicted octanol–water partition coefficient (Wildman–Crippen LogP) is 3.17. The summed E-state index contributed by atoms with van der Waals surface area (Å²) >= 11 is 0. The van der Waals surface area contributed by atoms with Crippen molar-refractivity contribution >= 4 is 17.6 Å². The molecule has 156 valence electrons. The minimum Gasteiger partial charge on any atom is -0.450 e. The summed E-state index contributed by atoms with van der Waals surface area (Å²) in [5, 5.41) is 3.15. The SMILES string of the molecule is O=C1OC2(CCC(C(=O)NC3CCN(c4ccccc4F)C3)CC2)c2cnccc21. The number of amides is 1. The van der Waals surface area contributed by atoms with E-state index in [-0.39, 0.29) is 29.7 Å². The highest BCUT2D eigenvalue weighted by Gasteiger charge is 2.48. The number of ether oxygens (including phenoxy) is 1. The number of carbonyl (C=O) groups is 2. The molecule has 5 rings (SSSR count). The molecule has 1 saturated heterocycles. The molecular formula is C23H24FN3O3. The summed E-state index contributed by atoms with van der Waals surface area (Å²) in [6.45, 7) is 1.33. The Bertz CT molecular complexity index is 987. The number of hydrogen-bond donors (Lipinski definition) is 1. The molecule has 1 spiro atoms. The predicted molar refractivity (Wildman–Crippen MR) is 108 cm³/mol. The monoisotopic (exact) mass is 409 g/mol. The molecule has 0 radical (unpaired) electrons. The number of aromatic nitrogens is 1. The van der Waals surface area contributed by atoms with Gasteiger partial charge in [0.1, 0.15) is 11.4 Å². The zero-order valence-corrected chi connectivity index (χ0v) is 16.6. The van der Waals surface area contributed by atoms with Gasteiger partial charge in [-0.05, 0) is 50.3 Å². The summed E-state index contributed by atoms with van der Waals surface area (Å²) in [6.07, 6.45) is 6.70. The molecule has 3 heterocycles. The Labute approximate surface area is 174 Å². The third kappa shape index (κ3) is 3.22. The van der Waals surface area contributed by atoms with Crippen LogP contribution in [0.25, 0.3) is 0 Å². The van der Waals surface area contributed by atoms with Gasteiger partial charge in [-0.3, -0.25) is 9.78 Å². The third-order valence-corrected chi connectivity index (χ3v) is 6.71. The zero-order chi connectivity index (χ0) is 20.7. The summed E-state index contributed by atoms with van der Waals surface area (Å²) in [6, 6.07) is 8.46. The lowest BCUT2D eigenvalue weighted by Crippen LogP contribution is -2.43. The van der Waals surface area contributed by atoms with Crippen LogP contribution in [0.1, 0.15) is 48.0 Å². The topological polar surface area (TPSA) is 71.5 Å². The summed E-state index contributed by atoms with van der Waals surface area (Å²) in [4.78, 5) is 31.2. The van der Waals surface area contributed by atoms with Gasteiger partial charge in [0.05, 0.1) is 11.3 Å². The number of rotatable bonds is 3. The van der Waals surface area contributed by atoms with Crippen molar-refractivity contribution in [3.05, 3.63) is 59.7 Å². The Kier molecular flexibility index (Phi) is 4.68. The first-order valence-electron chi connectivity index (χ1n) is 10.5. The highest BCUT2D eigenvalue weighted by molar-refractivity contribution is 5.94. The van der Waals surface area contributed by atoms with Gasteiger partial charge < -0.3 is 15.0 Å². The molecule has 0 bridgehead atoms. The Morgan fingerprint density at radius 1 is 1.20 bits per heavy atom. The molecule has 7 heteroatoms. The van der Waals surface area contributed by atoms with Crippen molar-refractivity contribution in [2.24, 2.45) is 5.92 Å². The fraction of sp³-hybridized carbons (Fsp3) is 0.435. The number of nitrogens with one attached hydrogen (secondary N) is 1. The molecule has 1 atom stereocenters. The average molecular weight is 409 g/mol. The van der Waals surface area contributed by atoms with Crippen LogP contribution in [0.2, 0.25) is 0 Å². The number of para-hydroxylation sites is 1. The molecule has 3 aliphatic rings. The van der Waals surface area contributed by atoms with E-state index in [1.165, 1.54) is 6.07 Å². The van der Waals surface area contributed by atoms with Crippen molar-refractivity contribution in [1.29, 1.82) is 0 Å². The van der Waals surface area contributed by atoms with E-state index in [1.54, 1.807) is 30.6 Å². The number of pyridine rings is 1. The molecule has 30 heavy (non-hydrogen) atoms. The molecular weight excluding hydrogens is 385 g/mol. The number of halogens is 1. The van der Waals surface area contributed by atoms with Gasteiger partial charge in [-0.25, -0.2) is 9.18 Å². The second-order valence-electron chi connectivity index (χ2n) is 8.47. The van der Waals surface area contributed by atoms with Gasteiger partial charge in [-0.1, -0.05) is 12.1 Å². The van der Waals surface area contributed by atoms with Crippen LogP contribution in [-0.4, -0.2) is 36.0 Å². The minimum absolute atomic E-state index is 0.0160. The third-order valence-electron chi connectivity index (χ3n) is 6.71. The lowest BCUT2D eigenvalue weighted by molar-refractivity contribution is -0.128. The minimum atomic E-state index is -0.632. The Morgan fingerprint density at radius 2 is 2.00 bits per heavy atom. The van der Waals surface area contributed by atoms with Crippen LogP contribution in [0.5, 0.6) is 0 Å². The smallest absolute Gasteiger partial charge is 0.339 e. The van der Waals surface area contributed by atoms with Gasteiger partial charge in [-0.2, -0.15) is 0 Å².